The first-order valence-electron chi connectivity index (χ1n) is 8.78. The summed E-state index contributed by atoms with van der Waals surface area (Å²) < 4.78 is 4.93. The first kappa shape index (κ1) is 21.5. The van der Waals surface area contributed by atoms with Gasteiger partial charge in [-0.15, -0.1) is 11.8 Å². The number of hydrogen-bond acceptors (Lipinski definition) is 5. The number of carbonyl (C=O) groups excluding carboxylic acids is 3. The van der Waals surface area contributed by atoms with Crippen molar-refractivity contribution in [2.24, 2.45) is 0 Å². The third kappa shape index (κ3) is 6.74. The molecule has 0 aliphatic heterocycles. The Morgan fingerprint density at radius 2 is 1.57 bits per heavy atom. The van der Waals surface area contributed by atoms with Gasteiger partial charge in [-0.05, 0) is 51.0 Å². The van der Waals surface area contributed by atoms with Crippen molar-refractivity contribution >= 4 is 35.4 Å². The van der Waals surface area contributed by atoms with E-state index in [1.54, 1.807) is 6.07 Å². The van der Waals surface area contributed by atoms with Crippen LogP contribution in [0.2, 0.25) is 0 Å². The maximum absolute atomic E-state index is 11.9. The van der Waals surface area contributed by atoms with Crippen LogP contribution >= 0.6 is 11.8 Å². The number of imide groups is 1. The molecule has 0 bridgehead atoms. The molecule has 0 spiro atoms. The lowest BCUT2D eigenvalue weighted by atomic mass is 10.1. The fourth-order valence-corrected chi connectivity index (χ4v) is 3.36. The molecule has 6 nitrogen and oxygen atoms in total. The van der Waals surface area contributed by atoms with E-state index in [1.807, 2.05) is 58.0 Å². The van der Waals surface area contributed by atoms with Gasteiger partial charge >= 0.3 is 12.0 Å². The zero-order chi connectivity index (χ0) is 20.7. The number of hydrogen-bond donors (Lipinski definition) is 2. The minimum absolute atomic E-state index is 0.0892. The minimum atomic E-state index is -0.688. The van der Waals surface area contributed by atoms with E-state index in [0.29, 0.717) is 5.69 Å². The minimum Gasteiger partial charge on any atom is -0.455 e. The predicted molar refractivity (Wildman–Crippen MR) is 111 cm³/mol. The normalized spacial score (nSPS) is 10.3. The predicted octanol–water partition coefficient (Wildman–Crippen LogP) is 3.90. The van der Waals surface area contributed by atoms with Crippen LogP contribution in [0.15, 0.2) is 41.3 Å². The van der Waals surface area contributed by atoms with Gasteiger partial charge in [-0.1, -0.05) is 35.4 Å². The first-order valence-corrected chi connectivity index (χ1v) is 9.77. The van der Waals surface area contributed by atoms with Gasteiger partial charge in [0.05, 0.1) is 5.75 Å². The van der Waals surface area contributed by atoms with Crippen molar-refractivity contribution in [1.29, 1.82) is 0 Å². The van der Waals surface area contributed by atoms with Crippen molar-refractivity contribution in [2.75, 3.05) is 17.7 Å². The van der Waals surface area contributed by atoms with Crippen LogP contribution in [0.25, 0.3) is 0 Å². The van der Waals surface area contributed by atoms with Gasteiger partial charge in [0.1, 0.15) is 0 Å². The monoisotopic (exact) mass is 400 g/mol. The third-order valence-corrected chi connectivity index (χ3v) is 5.07. The van der Waals surface area contributed by atoms with E-state index in [-0.39, 0.29) is 5.75 Å². The van der Waals surface area contributed by atoms with E-state index in [4.69, 9.17) is 4.74 Å². The summed E-state index contributed by atoms with van der Waals surface area (Å²) in [5, 5.41) is 4.74. The SMILES string of the molecule is Cc1ccc(NC(=O)NC(=O)COC(=O)CSc2ccc(C)cc2C)c(C)c1. The van der Waals surface area contributed by atoms with Crippen molar-refractivity contribution < 1.29 is 19.1 Å². The molecule has 0 radical (unpaired) electrons. The van der Waals surface area contributed by atoms with Crippen LogP contribution < -0.4 is 10.6 Å². The molecule has 3 amide bonds. The highest BCUT2D eigenvalue weighted by molar-refractivity contribution is 8.00. The fourth-order valence-electron chi connectivity index (χ4n) is 2.56. The highest BCUT2D eigenvalue weighted by Crippen LogP contribution is 2.23. The van der Waals surface area contributed by atoms with Gasteiger partial charge in [-0.25, -0.2) is 4.79 Å². The van der Waals surface area contributed by atoms with Gasteiger partial charge in [0, 0.05) is 10.6 Å². The summed E-state index contributed by atoms with van der Waals surface area (Å²) >= 11 is 1.35. The van der Waals surface area contributed by atoms with Gasteiger partial charge in [0.25, 0.3) is 5.91 Å². The third-order valence-electron chi connectivity index (χ3n) is 3.92. The molecular formula is C21H24N2O4S. The molecule has 2 aromatic carbocycles. The molecule has 7 heteroatoms. The lowest BCUT2D eigenvalue weighted by Gasteiger charge is -2.10. The molecule has 0 fully saturated rings. The molecule has 148 valence electrons. The van der Waals surface area contributed by atoms with Crippen LogP contribution in [-0.2, 0) is 14.3 Å². The van der Waals surface area contributed by atoms with E-state index < -0.39 is 24.5 Å². The number of rotatable bonds is 6. The number of anilines is 1. The second-order valence-electron chi connectivity index (χ2n) is 6.54. The summed E-state index contributed by atoms with van der Waals surface area (Å²) in [7, 11) is 0. The molecule has 2 N–H and O–H groups in total. The summed E-state index contributed by atoms with van der Waals surface area (Å²) in [5.74, 6) is -1.12. The number of aryl methyl sites for hydroxylation is 4. The van der Waals surface area contributed by atoms with Crippen LogP contribution in [0.3, 0.4) is 0 Å². The van der Waals surface area contributed by atoms with Gasteiger partial charge < -0.3 is 10.1 Å². The highest BCUT2D eigenvalue weighted by Gasteiger charge is 2.12. The lowest BCUT2D eigenvalue weighted by Crippen LogP contribution is -2.37. The Hall–Kier alpha value is -2.80. The number of ether oxygens (including phenoxy) is 1. The Bertz CT molecular complexity index is 896. The smallest absolute Gasteiger partial charge is 0.325 e. The summed E-state index contributed by atoms with van der Waals surface area (Å²) in [6.45, 7) is 7.28. The Morgan fingerprint density at radius 3 is 2.21 bits per heavy atom. The molecule has 0 aliphatic carbocycles. The van der Waals surface area contributed by atoms with Crippen LogP contribution in [0.5, 0.6) is 0 Å². The van der Waals surface area contributed by atoms with Crippen molar-refractivity contribution in [3.63, 3.8) is 0 Å². The molecular weight excluding hydrogens is 376 g/mol. The quantitative estimate of drug-likeness (QED) is 0.567. The summed E-state index contributed by atoms with van der Waals surface area (Å²) in [6.07, 6.45) is 0. The Morgan fingerprint density at radius 1 is 0.929 bits per heavy atom. The average molecular weight is 401 g/mol. The van der Waals surface area contributed by atoms with Gasteiger partial charge in [-0.2, -0.15) is 0 Å². The number of esters is 1. The van der Waals surface area contributed by atoms with Crippen LogP contribution in [-0.4, -0.2) is 30.3 Å². The Balaban J connectivity index is 1.73. The molecule has 2 rings (SSSR count). The van der Waals surface area contributed by atoms with E-state index >= 15 is 0 Å². The number of nitrogens with one attached hydrogen (secondary N) is 2. The largest absolute Gasteiger partial charge is 0.455 e. The number of thioether (sulfide) groups is 1. The Labute approximate surface area is 169 Å². The van der Waals surface area contributed by atoms with E-state index in [1.165, 1.54) is 11.8 Å². The molecule has 2 aromatic rings. The summed E-state index contributed by atoms with van der Waals surface area (Å²) in [4.78, 5) is 36.5. The van der Waals surface area contributed by atoms with Crippen molar-refractivity contribution in [3.05, 3.63) is 58.7 Å². The lowest BCUT2D eigenvalue weighted by molar-refractivity contribution is -0.145. The molecule has 0 aliphatic rings. The molecule has 0 saturated carbocycles. The molecule has 0 atom stereocenters. The fraction of sp³-hybridized carbons (Fsp3) is 0.286. The first-order chi connectivity index (χ1) is 13.2. The molecule has 0 aromatic heterocycles. The maximum Gasteiger partial charge on any atom is 0.325 e. The molecule has 0 heterocycles. The highest BCUT2D eigenvalue weighted by atomic mass is 32.2. The second kappa shape index (κ2) is 9.94. The zero-order valence-corrected chi connectivity index (χ0v) is 17.2. The van der Waals surface area contributed by atoms with Crippen LogP contribution in [0, 0.1) is 27.7 Å². The van der Waals surface area contributed by atoms with Crippen LogP contribution in [0.4, 0.5) is 10.5 Å². The van der Waals surface area contributed by atoms with E-state index in [0.717, 1.165) is 27.1 Å². The van der Waals surface area contributed by atoms with E-state index in [2.05, 4.69) is 10.6 Å². The molecule has 0 saturated heterocycles. The van der Waals surface area contributed by atoms with Gasteiger partial charge in [-0.3, -0.25) is 14.9 Å². The Kier molecular flexibility index (Phi) is 7.63. The summed E-state index contributed by atoms with van der Waals surface area (Å²) in [6, 6.07) is 10.8. The maximum atomic E-state index is 11.9. The van der Waals surface area contributed by atoms with Crippen molar-refractivity contribution in [2.45, 2.75) is 32.6 Å². The number of urea groups is 1. The van der Waals surface area contributed by atoms with Crippen molar-refractivity contribution in [3.8, 4) is 0 Å². The number of carbonyl (C=O) groups is 3. The van der Waals surface area contributed by atoms with Gasteiger partial charge in [0.2, 0.25) is 0 Å². The zero-order valence-electron chi connectivity index (χ0n) is 16.4. The molecule has 0 unspecified atom stereocenters. The second-order valence-corrected chi connectivity index (χ2v) is 7.56. The number of benzene rings is 2. The summed E-state index contributed by atoms with van der Waals surface area (Å²) in [5.41, 5.74) is 4.80. The van der Waals surface area contributed by atoms with Crippen molar-refractivity contribution in [1.82, 2.24) is 5.32 Å². The number of amides is 3. The molecule has 28 heavy (non-hydrogen) atoms. The standard InChI is InChI=1S/C21H24N2O4S/c1-13-5-7-17(15(3)9-13)22-21(26)23-19(24)11-27-20(25)12-28-18-8-6-14(2)10-16(18)4/h5-10H,11-12H2,1-4H3,(H2,22,23,24,26). The van der Waals surface area contributed by atoms with Crippen LogP contribution in [0.1, 0.15) is 22.3 Å². The average Bonchev–Trinajstić information content (AvgIpc) is 2.61. The van der Waals surface area contributed by atoms with E-state index in [9.17, 15) is 14.4 Å². The topological polar surface area (TPSA) is 84.5 Å². The van der Waals surface area contributed by atoms with Gasteiger partial charge in [0.15, 0.2) is 6.61 Å².